The Labute approximate surface area is 186 Å². The molecule has 176 valence electrons. The Morgan fingerprint density at radius 2 is 1.72 bits per heavy atom. The predicted octanol–water partition coefficient (Wildman–Crippen LogP) is -0.598. The van der Waals surface area contributed by atoms with E-state index in [1.165, 1.54) is 12.1 Å². The van der Waals surface area contributed by atoms with Crippen molar-refractivity contribution in [2.45, 2.75) is 51.4 Å². The first-order chi connectivity index (χ1) is 15.1. The molecule has 6 N–H and O–H groups in total. The molecule has 1 fully saturated rings. The van der Waals surface area contributed by atoms with Crippen molar-refractivity contribution in [3.8, 4) is 5.75 Å². The van der Waals surface area contributed by atoms with Crippen LogP contribution in [0.1, 0.15) is 32.3 Å². The number of amides is 3. The number of Topliss-reactive ketones (excluding diaryl/α,β-unsaturated/α-hetero) is 1. The minimum Gasteiger partial charge on any atom is -0.508 e. The summed E-state index contributed by atoms with van der Waals surface area (Å²) in [5, 5.41) is 23.2. The minimum atomic E-state index is -1.000. The summed E-state index contributed by atoms with van der Waals surface area (Å²) in [6, 6.07) is 5.42. The lowest BCUT2D eigenvalue weighted by atomic mass is 9.89. The summed E-state index contributed by atoms with van der Waals surface area (Å²) in [7, 11) is 0. The van der Waals surface area contributed by atoms with E-state index in [0.717, 1.165) is 5.56 Å². The number of ketones is 1. The van der Waals surface area contributed by atoms with Crippen LogP contribution in [0.5, 0.6) is 5.75 Å². The largest absolute Gasteiger partial charge is 0.508 e. The van der Waals surface area contributed by atoms with Crippen LogP contribution in [0.4, 0.5) is 0 Å². The van der Waals surface area contributed by atoms with E-state index in [1.807, 2.05) is 13.8 Å². The molecule has 1 saturated heterocycles. The highest BCUT2D eigenvalue weighted by molar-refractivity contribution is 5.98. The van der Waals surface area contributed by atoms with E-state index in [9.17, 15) is 24.3 Å². The van der Waals surface area contributed by atoms with Crippen LogP contribution in [0.25, 0.3) is 0 Å². The second-order valence-electron chi connectivity index (χ2n) is 8.32. The number of epoxide rings is 1. The third-order valence-corrected chi connectivity index (χ3v) is 5.10. The molecule has 10 heteroatoms. The molecule has 0 radical (unpaired) electrons. The van der Waals surface area contributed by atoms with Gasteiger partial charge in [-0.3, -0.25) is 19.2 Å². The van der Waals surface area contributed by atoms with Gasteiger partial charge >= 0.3 is 0 Å². The van der Waals surface area contributed by atoms with E-state index in [1.54, 1.807) is 12.1 Å². The van der Waals surface area contributed by atoms with Crippen LogP contribution < -0.4 is 16.4 Å². The van der Waals surface area contributed by atoms with Gasteiger partial charge in [-0.25, -0.2) is 0 Å². The molecule has 2 unspecified atom stereocenters. The zero-order valence-electron chi connectivity index (χ0n) is 18.2. The molecule has 4 atom stereocenters. The van der Waals surface area contributed by atoms with Crippen molar-refractivity contribution in [3.05, 3.63) is 29.8 Å². The molecular formula is C22H31N3O7. The SMILES string of the molecule is CC(C)C[C@H](NC(=O)C1OC1C(=O)NCCO)C(=O)C[C@@H](Cc1ccc(O)cc1)C(N)=O. The summed E-state index contributed by atoms with van der Waals surface area (Å²) in [5.74, 6) is -2.66. The Morgan fingerprint density at radius 3 is 2.28 bits per heavy atom. The van der Waals surface area contributed by atoms with E-state index >= 15 is 0 Å². The molecule has 3 amide bonds. The summed E-state index contributed by atoms with van der Waals surface area (Å²) in [5.41, 5.74) is 6.25. The molecular weight excluding hydrogens is 418 g/mol. The Kier molecular flexibility index (Phi) is 9.15. The van der Waals surface area contributed by atoms with Gasteiger partial charge in [0.05, 0.1) is 12.6 Å². The lowest BCUT2D eigenvalue weighted by molar-refractivity contribution is -0.131. The van der Waals surface area contributed by atoms with Crippen molar-refractivity contribution in [3.63, 3.8) is 0 Å². The van der Waals surface area contributed by atoms with Gasteiger partial charge < -0.3 is 31.3 Å². The van der Waals surface area contributed by atoms with Gasteiger partial charge in [0.25, 0.3) is 11.8 Å². The monoisotopic (exact) mass is 449 g/mol. The number of primary amides is 1. The van der Waals surface area contributed by atoms with Crippen LogP contribution in [-0.2, 0) is 30.3 Å². The Bertz CT molecular complexity index is 825. The number of hydrogen-bond donors (Lipinski definition) is 5. The van der Waals surface area contributed by atoms with E-state index in [4.69, 9.17) is 15.6 Å². The third-order valence-electron chi connectivity index (χ3n) is 5.10. The normalized spacial score (nSPS) is 19.1. The maximum atomic E-state index is 13.0. The van der Waals surface area contributed by atoms with Crippen molar-refractivity contribution < 1.29 is 34.1 Å². The van der Waals surface area contributed by atoms with Crippen molar-refractivity contribution in [1.82, 2.24) is 10.6 Å². The van der Waals surface area contributed by atoms with Gasteiger partial charge in [0.2, 0.25) is 5.91 Å². The van der Waals surface area contributed by atoms with Gasteiger partial charge in [-0.15, -0.1) is 0 Å². The van der Waals surface area contributed by atoms with Crippen LogP contribution in [0.3, 0.4) is 0 Å². The number of carbonyl (C=O) groups is 4. The van der Waals surface area contributed by atoms with Crippen molar-refractivity contribution in [2.75, 3.05) is 13.2 Å². The number of nitrogens with two attached hydrogens (primary N) is 1. The third kappa shape index (κ3) is 7.61. The number of carbonyl (C=O) groups excluding carboxylic acids is 4. The zero-order valence-corrected chi connectivity index (χ0v) is 18.2. The molecule has 0 aromatic heterocycles. The fourth-order valence-electron chi connectivity index (χ4n) is 3.36. The molecule has 0 spiro atoms. The van der Waals surface area contributed by atoms with Crippen LogP contribution >= 0.6 is 0 Å². The summed E-state index contributed by atoms with van der Waals surface area (Å²) in [4.78, 5) is 49.2. The summed E-state index contributed by atoms with van der Waals surface area (Å²) in [6.45, 7) is 3.61. The van der Waals surface area contributed by atoms with Crippen molar-refractivity contribution in [1.29, 1.82) is 0 Å². The predicted molar refractivity (Wildman–Crippen MR) is 114 cm³/mol. The van der Waals surface area contributed by atoms with Crippen LogP contribution in [0.2, 0.25) is 0 Å². The molecule has 10 nitrogen and oxygen atoms in total. The first-order valence-electron chi connectivity index (χ1n) is 10.6. The summed E-state index contributed by atoms with van der Waals surface area (Å²) in [6.07, 6.45) is -1.53. The minimum absolute atomic E-state index is 0.0526. The summed E-state index contributed by atoms with van der Waals surface area (Å²) >= 11 is 0. The fourth-order valence-corrected chi connectivity index (χ4v) is 3.36. The number of hydrogen-bond acceptors (Lipinski definition) is 7. The second-order valence-corrected chi connectivity index (χ2v) is 8.32. The topological polar surface area (TPSA) is 171 Å². The molecule has 1 aliphatic rings. The molecule has 2 rings (SSSR count). The van der Waals surface area contributed by atoms with E-state index in [0.29, 0.717) is 6.42 Å². The van der Waals surface area contributed by atoms with E-state index < -0.39 is 41.9 Å². The molecule has 1 aliphatic heterocycles. The number of rotatable bonds is 13. The van der Waals surface area contributed by atoms with E-state index in [2.05, 4.69) is 10.6 Å². The Morgan fingerprint density at radius 1 is 1.09 bits per heavy atom. The molecule has 32 heavy (non-hydrogen) atoms. The average Bonchev–Trinajstić information content (AvgIpc) is 3.53. The van der Waals surface area contributed by atoms with Gasteiger partial charge in [-0.2, -0.15) is 0 Å². The van der Waals surface area contributed by atoms with Gasteiger partial charge in [0.1, 0.15) is 5.75 Å². The number of phenols is 1. The van der Waals surface area contributed by atoms with E-state index in [-0.39, 0.29) is 43.4 Å². The number of nitrogens with one attached hydrogen (secondary N) is 2. The van der Waals surface area contributed by atoms with Crippen LogP contribution in [0, 0.1) is 11.8 Å². The molecule has 1 aromatic carbocycles. The Hall–Kier alpha value is -2.98. The molecule has 0 saturated carbocycles. The number of aliphatic hydroxyl groups excluding tert-OH is 1. The van der Waals surface area contributed by atoms with Crippen LogP contribution in [0.15, 0.2) is 24.3 Å². The Balaban J connectivity index is 2.00. The quantitative estimate of drug-likeness (QED) is 0.250. The number of aliphatic hydroxyl groups is 1. The molecule has 0 aliphatic carbocycles. The number of benzene rings is 1. The number of phenolic OH excluding ortho intramolecular Hbond substituents is 1. The molecule has 1 heterocycles. The second kappa shape index (κ2) is 11.6. The highest BCUT2D eigenvalue weighted by Crippen LogP contribution is 2.23. The highest BCUT2D eigenvalue weighted by Gasteiger charge is 2.50. The number of ether oxygens (including phenoxy) is 1. The molecule has 1 aromatic rings. The maximum absolute atomic E-state index is 13.0. The standard InChI is InChI=1S/C22H31N3O7/c1-12(2)9-16(25-22(31)19-18(32-19)21(30)24-7-8-26)17(28)11-14(20(23)29)10-13-3-5-15(27)6-4-13/h3-6,12,14,16,18-19,26-27H,7-11H2,1-2H3,(H2,23,29)(H,24,30)(H,25,31)/t14-,16+,18?,19?/m1/s1. The average molecular weight is 450 g/mol. The first kappa shape index (κ1) is 25.3. The molecule has 0 bridgehead atoms. The summed E-state index contributed by atoms with van der Waals surface area (Å²) < 4.78 is 5.12. The fraction of sp³-hybridized carbons (Fsp3) is 0.545. The van der Waals surface area contributed by atoms with Crippen LogP contribution in [-0.4, -0.2) is 65.1 Å². The lowest BCUT2D eigenvalue weighted by Gasteiger charge is -2.21. The first-order valence-corrected chi connectivity index (χ1v) is 10.6. The van der Waals surface area contributed by atoms with Gasteiger partial charge in [-0.1, -0.05) is 26.0 Å². The number of aromatic hydroxyl groups is 1. The van der Waals surface area contributed by atoms with Crippen molar-refractivity contribution >= 4 is 23.5 Å². The highest BCUT2D eigenvalue weighted by atomic mass is 16.6. The smallest absolute Gasteiger partial charge is 0.253 e. The van der Waals surface area contributed by atoms with Gasteiger partial charge in [0, 0.05) is 18.9 Å². The maximum Gasteiger partial charge on any atom is 0.253 e. The van der Waals surface area contributed by atoms with Gasteiger partial charge in [-0.05, 0) is 36.5 Å². The van der Waals surface area contributed by atoms with Gasteiger partial charge in [0.15, 0.2) is 18.0 Å². The lowest BCUT2D eigenvalue weighted by Crippen LogP contribution is -2.46. The zero-order chi connectivity index (χ0) is 23.8. The van der Waals surface area contributed by atoms with Crippen molar-refractivity contribution in [2.24, 2.45) is 17.6 Å².